The predicted octanol–water partition coefficient (Wildman–Crippen LogP) is 1.25. The molecule has 0 saturated carbocycles. The SMILES string of the molecule is CC(C)(C)OC(=O)n1cncc1N. The number of hydrogen-bond acceptors (Lipinski definition) is 4. The molecular weight excluding hydrogens is 170 g/mol. The second kappa shape index (κ2) is 3.08. The number of rotatable bonds is 0. The van der Waals surface area contributed by atoms with Gasteiger partial charge in [0, 0.05) is 0 Å². The Labute approximate surface area is 76.5 Å². The van der Waals surface area contributed by atoms with Gasteiger partial charge in [0.15, 0.2) is 0 Å². The van der Waals surface area contributed by atoms with Crippen LogP contribution in [0, 0.1) is 0 Å². The Morgan fingerprint density at radius 3 is 2.62 bits per heavy atom. The van der Waals surface area contributed by atoms with Gasteiger partial charge in [0.2, 0.25) is 0 Å². The minimum atomic E-state index is -0.520. The van der Waals surface area contributed by atoms with Gasteiger partial charge in [-0.15, -0.1) is 0 Å². The molecule has 0 amide bonds. The molecule has 0 aliphatic rings. The number of nitrogen functional groups attached to an aromatic ring is 1. The van der Waals surface area contributed by atoms with Gasteiger partial charge in [-0.2, -0.15) is 0 Å². The summed E-state index contributed by atoms with van der Waals surface area (Å²) in [6, 6.07) is 0. The van der Waals surface area contributed by atoms with Crippen molar-refractivity contribution in [3.8, 4) is 0 Å². The van der Waals surface area contributed by atoms with Crippen molar-refractivity contribution >= 4 is 11.9 Å². The van der Waals surface area contributed by atoms with Gasteiger partial charge in [0.05, 0.1) is 6.20 Å². The Kier molecular flexibility index (Phi) is 2.27. The van der Waals surface area contributed by atoms with E-state index in [2.05, 4.69) is 4.98 Å². The van der Waals surface area contributed by atoms with Crippen LogP contribution in [0.15, 0.2) is 12.5 Å². The second-order valence-electron chi connectivity index (χ2n) is 3.67. The Hall–Kier alpha value is -1.52. The lowest BCUT2D eigenvalue weighted by Crippen LogP contribution is -2.27. The summed E-state index contributed by atoms with van der Waals surface area (Å²) in [6.45, 7) is 5.37. The molecule has 0 aliphatic carbocycles. The van der Waals surface area contributed by atoms with Crippen LogP contribution in [0.5, 0.6) is 0 Å². The molecule has 13 heavy (non-hydrogen) atoms. The van der Waals surface area contributed by atoms with Crippen LogP contribution < -0.4 is 5.73 Å². The summed E-state index contributed by atoms with van der Waals surface area (Å²) in [4.78, 5) is 15.1. The maximum Gasteiger partial charge on any atom is 0.421 e. The van der Waals surface area contributed by atoms with E-state index in [1.807, 2.05) is 0 Å². The molecule has 0 aromatic carbocycles. The van der Waals surface area contributed by atoms with E-state index >= 15 is 0 Å². The molecular formula is C8H13N3O2. The van der Waals surface area contributed by atoms with Gasteiger partial charge in [-0.25, -0.2) is 14.3 Å². The highest BCUT2D eigenvalue weighted by Crippen LogP contribution is 2.10. The van der Waals surface area contributed by atoms with Crippen molar-refractivity contribution in [3.63, 3.8) is 0 Å². The maximum absolute atomic E-state index is 11.4. The highest BCUT2D eigenvalue weighted by molar-refractivity contribution is 5.74. The van der Waals surface area contributed by atoms with E-state index in [1.54, 1.807) is 20.8 Å². The van der Waals surface area contributed by atoms with Crippen molar-refractivity contribution in [2.75, 3.05) is 5.73 Å². The zero-order valence-electron chi connectivity index (χ0n) is 7.94. The number of hydrogen-bond donors (Lipinski definition) is 1. The van der Waals surface area contributed by atoms with Gasteiger partial charge in [-0.3, -0.25) is 0 Å². The third kappa shape index (κ3) is 2.47. The largest absolute Gasteiger partial charge is 0.443 e. The molecule has 1 heterocycles. The number of anilines is 1. The van der Waals surface area contributed by atoms with Crippen LogP contribution in [0.2, 0.25) is 0 Å². The summed E-state index contributed by atoms with van der Waals surface area (Å²) in [7, 11) is 0. The van der Waals surface area contributed by atoms with Gasteiger partial charge in [-0.05, 0) is 20.8 Å². The molecule has 1 rings (SSSR count). The smallest absolute Gasteiger partial charge is 0.421 e. The summed E-state index contributed by atoms with van der Waals surface area (Å²) >= 11 is 0. The lowest BCUT2D eigenvalue weighted by atomic mass is 10.2. The molecule has 0 fully saturated rings. The summed E-state index contributed by atoms with van der Waals surface area (Å²) in [5.74, 6) is 0.272. The fourth-order valence-corrected chi connectivity index (χ4v) is 0.769. The summed E-state index contributed by atoms with van der Waals surface area (Å²) < 4.78 is 6.22. The molecule has 0 radical (unpaired) electrons. The van der Waals surface area contributed by atoms with Crippen LogP contribution >= 0.6 is 0 Å². The average molecular weight is 183 g/mol. The van der Waals surface area contributed by atoms with Crippen LogP contribution in [-0.2, 0) is 4.74 Å². The zero-order valence-corrected chi connectivity index (χ0v) is 7.94. The molecule has 0 bridgehead atoms. The van der Waals surface area contributed by atoms with Gasteiger partial charge in [0.25, 0.3) is 0 Å². The monoisotopic (exact) mass is 183 g/mol. The fraction of sp³-hybridized carbons (Fsp3) is 0.500. The maximum atomic E-state index is 11.4. The Balaban J connectivity index is 2.76. The van der Waals surface area contributed by atoms with Gasteiger partial charge in [0.1, 0.15) is 17.7 Å². The first kappa shape index (κ1) is 9.57. The van der Waals surface area contributed by atoms with Crippen LogP contribution in [-0.4, -0.2) is 21.2 Å². The third-order valence-electron chi connectivity index (χ3n) is 1.26. The zero-order chi connectivity index (χ0) is 10.1. The van der Waals surface area contributed by atoms with Crippen molar-refractivity contribution in [1.29, 1.82) is 0 Å². The molecule has 1 aromatic heterocycles. The molecule has 0 unspecified atom stereocenters. The summed E-state index contributed by atoms with van der Waals surface area (Å²) in [6.07, 6.45) is 2.20. The van der Waals surface area contributed by atoms with E-state index in [4.69, 9.17) is 10.5 Å². The van der Waals surface area contributed by atoms with Crippen molar-refractivity contribution in [1.82, 2.24) is 9.55 Å². The van der Waals surface area contributed by atoms with E-state index in [0.29, 0.717) is 0 Å². The molecule has 1 aromatic rings. The fourth-order valence-electron chi connectivity index (χ4n) is 0.769. The van der Waals surface area contributed by atoms with Crippen LogP contribution in [0.1, 0.15) is 20.8 Å². The number of carbonyl (C=O) groups is 1. The highest BCUT2D eigenvalue weighted by atomic mass is 16.6. The summed E-state index contributed by atoms with van der Waals surface area (Å²) in [5.41, 5.74) is 4.94. The van der Waals surface area contributed by atoms with Crippen molar-refractivity contribution in [2.45, 2.75) is 26.4 Å². The van der Waals surface area contributed by atoms with Gasteiger partial charge in [-0.1, -0.05) is 0 Å². The molecule has 0 aliphatic heterocycles. The Morgan fingerprint density at radius 2 is 2.23 bits per heavy atom. The molecule has 2 N–H and O–H groups in total. The minimum absolute atomic E-state index is 0.272. The average Bonchev–Trinajstić information content (AvgIpc) is 2.30. The number of carbonyl (C=O) groups excluding carboxylic acids is 1. The number of nitrogens with two attached hydrogens (primary N) is 1. The highest BCUT2D eigenvalue weighted by Gasteiger charge is 2.18. The minimum Gasteiger partial charge on any atom is -0.443 e. The van der Waals surface area contributed by atoms with E-state index in [-0.39, 0.29) is 5.82 Å². The molecule has 5 nitrogen and oxygen atoms in total. The van der Waals surface area contributed by atoms with E-state index in [9.17, 15) is 4.79 Å². The molecule has 0 saturated heterocycles. The topological polar surface area (TPSA) is 70.1 Å². The normalized spacial score (nSPS) is 11.3. The lowest BCUT2D eigenvalue weighted by molar-refractivity contribution is 0.0540. The first-order valence-electron chi connectivity index (χ1n) is 3.91. The Bertz CT molecular complexity index is 311. The van der Waals surface area contributed by atoms with Crippen LogP contribution in [0.3, 0.4) is 0 Å². The quantitative estimate of drug-likeness (QED) is 0.657. The number of ether oxygens (including phenoxy) is 1. The Morgan fingerprint density at radius 1 is 1.62 bits per heavy atom. The molecule has 0 spiro atoms. The van der Waals surface area contributed by atoms with Gasteiger partial charge < -0.3 is 10.5 Å². The van der Waals surface area contributed by atoms with E-state index < -0.39 is 11.7 Å². The number of aromatic nitrogens is 2. The molecule has 5 heteroatoms. The predicted molar refractivity (Wildman–Crippen MR) is 48.3 cm³/mol. The number of nitrogens with zero attached hydrogens (tertiary/aromatic N) is 2. The summed E-state index contributed by atoms with van der Waals surface area (Å²) in [5, 5.41) is 0. The van der Waals surface area contributed by atoms with E-state index in [1.165, 1.54) is 12.5 Å². The lowest BCUT2D eigenvalue weighted by Gasteiger charge is -2.19. The first-order valence-corrected chi connectivity index (χ1v) is 3.91. The second-order valence-corrected chi connectivity index (χ2v) is 3.67. The standard InChI is InChI=1S/C8H13N3O2/c1-8(2,3)13-7(12)11-5-10-4-6(11)9/h4-5H,9H2,1-3H3. The molecule has 72 valence electrons. The third-order valence-corrected chi connectivity index (χ3v) is 1.26. The van der Waals surface area contributed by atoms with Gasteiger partial charge >= 0.3 is 6.09 Å². The first-order chi connectivity index (χ1) is 5.90. The molecule has 0 atom stereocenters. The van der Waals surface area contributed by atoms with Crippen molar-refractivity contribution in [3.05, 3.63) is 12.5 Å². The van der Waals surface area contributed by atoms with Crippen molar-refractivity contribution < 1.29 is 9.53 Å². The van der Waals surface area contributed by atoms with Crippen molar-refractivity contribution in [2.24, 2.45) is 0 Å². The van der Waals surface area contributed by atoms with Crippen LogP contribution in [0.4, 0.5) is 10.6 Å². The van der Waals surface area contributed by atoms with E-state index in [0.717, 1.165) is 4.57 Å². The number of imidazole rings is 1. The van der Waals surface area contributed by atoms with Crippen LogP contribution in [0.25, 0.3) is 0 Å².